The maximum atomic E-state index is 11.2. The Morgan fingerprint density at radius 2 is 2.16 bits per heavy atom. The van der Waals surface area contributed by atoms with E-state index in [1.54, 1.807) is 22.9 Å². The third-order valence-corrected chi connectivity index (χ3v) is 3.12. The number of aromatic carboxylic acids is 1. The van der Waals surface area contributed by atoms with E-state index < -0.39 is 5.97 Å². The molecule has 6 heteroatoms. The highest BCUT2D eigenvalue weighted by atomic mass is 35.5. The largest absolute Gasteiger partial charge is 0.476 e. The predicted molar refractivity (Wildman–Crippen MR) is 72.3 cm³/mol. The van der Waals surface area contributed by atoms with Crippen LogP contribution >= 0.6 is 11.6 Å². The number of nitrogens with zero attached hydrogens (tertiary/aromatic N) is 3. The Morgan fingerprint density at radius 3 is 2.79 bits per heavy atom. The number of rotatable bonds is 5. The Morgan fingerprint density at radius 1 is 1.42 bits per heavy atom. The lowest BCUT2D eigenvalue weighted by atomic mass is 10.1. The van der Waals surface area contributed by atoms with E-state index in [0.29, 0.717) is 22.8 Å². The number of hydrogen-bond acceptors (Lipinski definition) is 3. The standard InChI is InChI=1S/C13H14ClN3O2/c1-2-3-8-17-12(11(13(18)19)15-16-17)9-6-4-5-7-10(9)14/h4-7H,2-3,8H2,1H3,(H,18,19). The van der Waals surface area contributed by atoms with Gasteiger partial charge in [-0.2, -0.15) is 0 Å². The molecule has 100 valence electrons. The minimum atomic E-state index is -1.10. The molecule has 0 saturated heterocycles. The Hall–Kier alpha value is -1.88. The van der Waals surface area contributed by atoms with Gasteiger partial charge in [-0.15, -0.1) is 5.10 Å². The highest BCUT2D eigenvalue weighted by Crippen LogP contribution is 2.29. The van der Waals surface area contributed by atoms with Crippen molar-refractivity contribution in [1.29, 1.82) is 0 Å². The summed E-state index contributed by atoms with van der Waals surface area (Å²) in [7, 11) is 0. The molecule has 0 fully saturated rings. The number of aryl methyl sites for hydroxylation is 1. The average molecular weight is 280 g/mol. The summed E-state index contributed by atoms with van der Waals surface area (Å²) in [5.74, 6) is -1.10. The molecule has 1 aromatic carbocycles. The van der Waals surface area contributed by atoms with Crippen LogP contribution in [0, 0.1) is 0 Å². The van der Waals surface area contributed by atoms with Crippen LogP contribution in [0.5, 0.6) is 0 Å². The molecule has 1 aromatic heterocycles. The number of unbranched alkanes of at least 4 members (excludes halogenated alkanes) is 1. The monoisotopic (exact) mass is 279 g/mol. The SMILES string of the molecule is CCCCn1nnc(C(=O)O)c1-c1ccccc1Cl. The first-order valence-corrected chi connectivity index (χ1v) is 6.44. The first-order chi connectivity index (χ1) is 9.15. The highest BCUT2D eigenvalue weighted by Gasteiger charge is 2.21. The second kappa shape index (κ2) is 5.84. The molecule has 0 unspecified atom stereocenters. The van der Waals surface area contributed by atoms with Crippen LogP contribution in [0.4, 0.5) is 0 Å². The van der Waals surface area contributed by atoms with Gasteiger partial charge in [-0.1, -0.05) is 48.4 Å². The van der Waals surface area contributed by atoms with Gasteiger partial charge in [0.25, 0.3) is 0 Å². The minimum Gasteiger partial charge on any atom is -0.476 e. The quantitative estimate of drug-likeness (QED) is 0.913. The average Bonchev–Trinajstić information content (AvgIpc) is 2.80. The van der Waals surface area contributed by atoms with Crippen molar-refractivity contribution in [3.05, 3.63) is 35.0 Å². The fourth-order valence-corrected chi connectivity index (χ4v) is 2.07. The maximum absolute atomic E-state index is 11.2. The summed E-state index contributed by atoms with van der Waals surface area (Å²) >= 11 is 6.14. The summed E-state index contributed by atoms with van der Waals surface area (Å²) in [6.07, 6.45) is 1.89. The van der Waals surface area contributed by atoms with Crippen LogP contribution in [0.1, 0.15) is 30.3 Å². The summed E-state index contributed by atoms with van der Waals surface area (Å²) in [6, 6.07) is 7.10. The Bertz CT molecular complexity index is 595. The Labute approximate surface area is 115 Å². The zero-order valence-corrected chi connectivity index (χ0v) is 11.3. The van der Waals surface area contributed by atoms with Crippen LogP contribution in [-0.2, 0) is 6.54 Å². The second-order valence-electron chi connectivity index (χ2n) is 4.15. The molecule has 0 radical (unpaired) electrons. The van der Waals surface area contributed by atoms with Crippen molar-refractivity contribution < 1.29 is 9.90 Å². The van der Waals surface area contributed by atoms with E-state index in [1.807, 2.05) is 6.07 Å². The van der Waals surface area contributed by atoms with E-state index >= 15 is 0 Å². The normalized spacial score (nSPS) is 10.6. The van der Waals surface area contributed by atoms with Crippen molar-refractivity contribution in [1.82, 2.24) is 15.0 Å². The fraction of sp³-hybridized carbons (Fsp3) is 0.308. The van der Waals surface area contributed by atoms with Gasteiger partial charge in [0.2, 0.25) is 0 Å². The predicted octanol–water partition coefficient (Wildman–Crippen LogP) is 3.10. The van der Waals surface area contributed by atoms with Gasteiger partial charge in [-0.25, -0.2) is 9.48 Å². The number of halogens is 1. The van der Waals surface area contributed by atoms with E-state index in [1.165, 1.54) is 0 Å². The summed E-state index contributed by atoms with van der Waals surface area (Å²) in [6.45, 7) is 2.68. The molecule has 0 saturated carbocycles. The fourth-order valence-electron chi connectivity index (χ4n) is 1.84. The molecule has 1 heterocycles. The maximum Gasteiger partial charge on any atom is 0.358 e. The molecule has 0 atom stereocenters. The molecule has 2 rings (SSSR count). The van der Waals surface area contributed by atoms with E-state index in [4.69, 9.17) is 11.6 Å². The molecule has 0 bridgehead atoms. The van der Waals surface area contributed by atoms with E-state index in [9.17, 15) is 9.90 Å². The van der Waals surface area contributed by atoms with Gasteiger partial charge in [-0.05, 0) is 12.5 Å². The number of carboxylic acids is 1. The van der Waals surface area contributed by atoms with Crippen LogP contribution in [0.2, 0.25) is 5.02 Å². The summed E-state index contributed by atoms with van der Waals surface area (Å²) in [4.78, 5) is 11.2. The molecule has 0 aliphatic rings. The zero-order chi connectivity index (χ0) is 13.8. The lowest BCUT2D eigenvalue weighted by molar-refractivity contribution is 0.0691. The summed E-state index contributed by atoms with van der Waals surface area (Å²) < 4.78 is 1.61. The third kappa shape index (κ3) is 2.76. The first kappa shape index (κ1) is 13.5. The van der Waals surface area contributed by atoms with Gasteiger partial charge >= 0.3 is 5.97 Å². The molecule has 0 amide bonds. The summed E-state index contributed by atoms with van der Waals surface area (Å²) in [5, 5.41) is 17.3. The minimum absolute atomic E-state index is 0.0656. The van der Waals surface area contributed by atoms with Crippen LogP contribution < -0.4 is 0 Å². The second-order valence-corrected chi connectivity index (χ2v) is 4.56. The van der Waals surface area contributed by atoms with Gasteiger partial charge in [-0.3, -0.25) is 0 Å². The van der Waals surface area contributed by atoms with Crippen LogP contribution in [0.25, 0.3) is 11.3 Å². The van der Waals surface area contributed by atoms with Gasteiger partial charge in [0.05, 0.1) is 5.02 Å². The topological polar surface area (TPSA) is 68.0 Å². The van der Waals surface area contributed by atoms with Crippen LogP contribution in [0.3, 0.4) is 0 Å². The number of benzene rings is 1. The Balaban J connectivity index is 2.55. The lowest BCUT2D eigenvalue weighted by Gasteiger charge is -2.08. The van der Waals surface area contributed by atoms with Crippen LogP contribution in [0.15, 0.2) is 24.3 Å². The van der Waals surface area contributed by atoms with Crippen molar-refractivity contribution >= 4 is 17.6 Å². The Kier molecular flexibility index (Phi) is 4.16. The number of aromatic nitrogens is 3. The molecular weight excluding hydrogens is 266 g/mol. The van der Waals surface area contributed by atoms with Gasteiger partial charge in [0, 0.05) is 12.1 Å². The van der Waals surface area contributed by atoms with Gasteiger partial charge in [0.15, 0.2) is 5.69 Å². The number of carboxylic acid groups (broad SMARTS) is 1. The van der Waals surface area contributed by atoms with Crippen molar-refractivity contribution in [2.24, 2.45) is 0 Å². The van der Waals surface area contributed by atoms with E-state index in [2.05, 4.69) is 17.2 Å². The van der Waals surface area contributed by atoms with Crippen molar-refractivity contribution in [2.45, 2.75) is 26.3 Å². The van der Waals surface area contributed by atoms with Crippen molar-refractivity contribution in [2.75, 3.05) is 0 Å². The first-order valence-electron chi connectivity index (χ1n) is 6.06. The summed E-state index contributed by atoms with van der Waals surface area (Å²) in [5.41, 5.74) is 1.04. The van der Waals surface area contributed by atoms with Gasteiger partial charge < -0.3 is 5.11 Å². The van der Waals surface area contributed by atoms with Gasteiger partial charge in [0.1, 0.15) is 5.69 Å². The van der Waals surface area contributed by atoms with Crippen molar-refractivity contribution in [3.8, 4) is 11.3 Å². The third-order valence-electron chi connectivity index (χ3n) is 2.79. The smallest absolute Gasteiger partial charge is 0.358 e. The lowest BCUT2D eigenvalue weighted by Crippen LogP contribution is -2.05. The molecule has 0 spiro atoms. The molecule has 0 aliphatic heterocycles. The van der Waals surface area contributed by atoms with Crippen molar-refractivity contribution in [3.63, 3.8) is 0 Å². The molecule has 1 N–H and O–H groups in total. The van der Waals surface area contributed by atoms with E-state index in [-0.39, 0.29) is 5.69 Å². The molecule has 0 aliphatic carbocycles. The molecule has 19 heavy (non-hydrogen) atoms. The molecule has 2 aromatic rings. The molecule has 5 nitrogen and oxygen atoms in total. The highest BCUT2D eigenvalue weighted by molar-refractivity contribution is 6.33. The van der Waals surface area contributed by atoms with Crippen LogP contribution in [-0.4, -0.2) is 26.1 Å². The van der Waals surface area contributed by atoms with E-state index in [0.717, 1.165) is 12.8 Å². The number of hydrogen-bond donors (Lipinski definition) is 1. The zero-order valence-electron chi connectivity index (χ0n) is 10.5. The number of carbonyl (C=O) groups is 1. The molecular formula is C13H14ClN3O2.